The molecule has 0 spiro atoms. The third kappa shape index (κ3) is 2.98. The lowest BCUT2D eigenvalue weighted by Gasteiger charge is -2.33. The van der Waals surface area contributed by atoms with Crippen LogP contribution in [0.25, 0.3) is 11.1 Å². The van der Waals surface area contributed by atoms with E-state index in [4.69, 9.17) is 22.4 Å². The first kappa shape index (κ1) is 14.2. The summed E-state index contributed by atoms with van der Waals surface area (Å²) >= 11 is 5.91. The third-order valence-electron chi connectivity index (χ3n) is 3.75. The number of halogens is 1. The van der Waals surface area contributed by atoms with Crippen molar-refractivity contribution in [1.29, 1.82) is 0 Å². The average molecular weight is 306 g/mol. The van der Waals surface area contributed by atoms with E-state index >= 15 is 0 Å². The lowest BCUT2D eigenvalue weighted by molar-refractivity contribution is 0.115. The quantitative estimate of drug-likeness (QED) is 0.805. The number of hydrogen-bond acceptors (Lipinski definition) is 4. The smallest absolute Gasteiger partial charge is 0.408 e. The second-order valence-electron chi connectivity index (χ2n) is 5.15. The van der Waals surface area contributed by atoms with Gasteiger partial charge in [-0.25, -0.2) is 4.79 Å². The number of rotatable bonds is 3. The number of nitrogens with zero attached hydrogens (tertiary/aromatic N) is 3. The first-order chi connectivity index (χ1) is 10.2. The normalized spacial score (nSPS) is 17.1. The van der Waals surface area contributed by atoms with Crippen LogP contribution in [0.15, 0.2) is 27.4 Å². The van der Waals surface area contributed by atoms with E-state index in [0.717, 1.165) is 31.7 Å². The van der Waals surface area contributed by atoms with Crippen molar-refractivity contribution in [3.63, 3.8) is 0 Å². The number of benzene rings is 1. The monoisotopic (exact) mass is 305 g/mol. The molecule has 2 heterocycles. The van der Waals surface area contributed by atoms with Gasteiger partial charge in [-0.1, -0.05) is 17.5 Å². The van der Waals surface area contributed by atoms with Gasteiger partial charge in [0, 0.05) is 37.3 Å². The molecule has 0 unspecified atom stereocenters. The van der Waals surface area contributed by atoms with Crippen LogP contribution < -0.4 is 5.76 Å². The van der Waals surface area contributed by atoms with Crippen LogP contribution in [0.2, 0.25) is 5.02 Å². The van der Waals surface area contributed by atoms with Crippen LogP contribution >= 0.6 is 11.6 Å². The Bertz CT molecular complexity index is 735. The van der Waals surface area contributed by atoms with Gasteiger partial charge >= 0.3 is 5.76 Å². The SMILES string of the molecule is C#CCN1CCN(Cn2c(=O)oc3cc(Cl)ccc32)CC1. The summed E-state index contributed by atoms with van der Waals surface area (Å²) in [6, 6.07) is 5.25. The van der Waals surface area contributed by atoms with Gasteiger partial charge in [0.15, 0.2) is 5.58 Å². The standard InChI is InChI=1S/C15H16ClN3O2/c1-2-5-17-6-8-18(9-7-17)11-19-13-4-3-12(16)10-14(13)21-15(19)20/h1,3-4,10H,5-9,11H2. The Kier molecular flexibility index (Phi) is 4.02. The lowest BCUT2D eigenvalue weighted by Crippen LogP contribution is -2.47. The van der Waals surface area contributed by atoms with Crippen molar-refractivity contribution in [2.24, 2.45) is 0 Å². The molecule has 0 saturated carbocycles. The Labute approximate surface area is 127 Å². The molecule has 1 aromatic carbocycles. The van der Waals surface area contributed by atoms with Crippen LogP contribution in [-0.4, -0.2) is 47.1 Å². The molecule has 1 fully saturated rings. The first-order valence-corrected chi connectivity index (χ1v) is 7.22. The largest absolute Gasteiger partial charge is 0.421 e. The Morgan fingerprint density at radius 1 is 1.24 bits per heavy atom. The van der Waals surface area contributed by atoms with Crippen LogP contribution in [0.5, 0.6) is 0 Å². The minimum atomic E-state index is -0.349. The van der Waals surface area contributed by atoms with E-state index in [2.05, 4.69) is 15.7 Å². The van der Waals surface area contributed by atoms with Crippen LogP contribution in [-0.2, 0) is 6.67 Å². The zero-order chi connectivity index (χ0) is 14.8. The van der Waals surface area contributed by atoms with Gasteiger partial charge in [0.1, 0.15) is 0 Å². The molecule has 1 aliphatic heterocycles. The Morgan fingerprint density at radius 2 is 1.95 bits per heavy atom. The predicted octanol–water partition coefficient (Wildman–Crippen LogP) is 1.46. The molecule has 0 bridgehead atoms. The van der Waals surface area contributed by atoms with Crippen molar-refractivity contribution >= 4 is 22.7 Å². The van der Waals surface area contributed by atoms with Crippen LogP contribution in [0, 0.1) is 12.3 Å². The van der Waals surface area contributed by atoms with Crippen molar-refractivity contribution in [3.8, 4) is 12.3 Å². The molecular formula is C15H16ClN3O2. The van der Waals surface area contributed by atoms with Gasteiger partial charge in [-0.15, -0.1) is 6.42 Å². The van der Waals surface area contributed by atoms with E-state index in [1.807, 2.05) is 6.07 Å². The van der Waals surface area contributed by atoms with Crippen molar-refractivity contribution < 1.29 is 4.42 Å². The van der Waals surface area contributed by atoms with Crippen molar-refractivity contribution in [2.75, 3.05) is 32.7 Å². The maximum absolute atomic E-state index is 12.0. The summed E-state index contributed by atoms with van der Waals surface area (Å²) in [4.78, 5) is 16.4. The van der Waals surface area contributed by atoms with Crippen LogP contribution in [0.4, 0.5) is 0 Å². The Morgan fingerprint density at radius 3 is 2.67 bits per heavy atom. The minimum absolute atomic E-state index is 0.349. The number of oxazole rings is 1. The van der Waals surface area contributed by atoms with Crippen LogP contribution in [0.3, 0.4) is 0 Å². The van der Waals surface area contributed by atoms with Crippen molar-refractivity contribution in [1.82, 2.24) is 14.4 Å². The van der Waals surface area contributed by atoms with Gasteiger partial charge < -0.3 is 4.42 Å². The zero-order valence-electron chi connectivity index (χ0n) is 11.6. The molecule has 0 atom stereocenters. The Balaban J connectivity index is 1.76. The van der Waals surface area contributed by atoms with Crippen molar-refractivity contribution in [3.05, 3.63) is 33.8 Å². The van der Waals surface area contributed by atoms with Crippen molar-refractivity contribution in [2.45, 2.75) is 6.67 Å². The topological polar surface area (TPSA) is 41.6 Å². The van der Waals surface area contributed by atoms with E-state index in [1.165, 1.54) is 0 Å². The number of terminal acetylenes is 1. The van der Waals surface area contributed by atoms with E-state index in [0.29, 0.717) is 23.8 Å². The fourth-order valence-corrected chi connectivity index (χ4v) is 2.75. The molecule has 1 aromatic heterocycles. The summed E-state index contributed by atoms with van der Waals surface area (Å²) in [5.74, 6) is 2.31. The summed E-state index contributed by atoms with van der Waals surface area (Å²) in [5, 5.41) is 0.561. The molecule has 21 heavy (non-hydrogen) atoms. The highest BCUT2D eigenvalue weighted by Gasteiger charge is 2.18. The van der Waals surface area contributed by atoms with E-state index < -0.39 is 0 Å². The molecule has 0 aliphatic carbocycles. The summed E-state index contributed by atoms with van der Waals surface area (Å²) < 4.78 is 6.88. The second-order valence-corrected chi connectivity index (χ2v) is 5.58. The third-order valence-corrected chi connectivity index (χ3v) is 3.99. The maximum atomic E-state index is 12.0. The summed E-state index contributed by atoms with van der Waals surface area (Å²) in [6.07, 6.45) is 5.32. The van der Waals surface area contributed by atoms with Gasteiger partial charge in [-0.3, -0.25) is 14.4 Å². The molecule has 2 aromatic rings. The van der Waals surface area contributed by atoms with Crippen LogP contribution in [0.1, 0.15) is 0 Å². The van der Waals surface area contributed by atoms with E-state index in [1.54, 1.807) is 16.7 Å². The molecule has 0 N–H and O–H groups in total. The number of fused-ring (bicyclic) bond motifs is 1. The highest BCUT2D eigenvalue weighted by Crippen LogP contribution is 2.18. The minimum Gasteiger partial charge on any atom is -0.408 e. The van der Waals surface area contributed by atoms with Gasteiger partial charge in [0.25, 0.3) is 0 Å². The maximum Gasteiger partial charge on any atom is 0.421 e. The fraction of sp³-hybridized carbons (Fsp3) is 0.400. The molecule has 0 amide bonds. The molecule has 110 valence electrons. The average Bonchev–Trinajstić information content (AvgIpc) is 2.76. The number of hydrogen-bond donors (Lipinski definition) is 0. The summed E-state index contributed by atoms with van der Waals surface area (Å²) in [5.41, 5.74) is 1.30. The van der Waals surface area contributed by atoms with Gasteiger partial charge in [-0.05, 0) is 12.1 Å². The number of aromatic nitrogens is 1. The van der Waals surface area contributed by atoms with Gasteiger partial charge in [-0.2, -0.15) is 0 Å². The predicted molar refractivity (Wildman–Crippen MR) is 82.3 cm³/mol. The van der Waals surface area contributed by atoms with Gasteiger partial charge in [0.05, 0.1) is 18.7 Å². The summed E-state index contributed by atoms with van der Waals surface area (Å²) in [7, 11) is 0. The molecule has 1 aliphatic rings. The second kappa shape index (κ2) is 5.94. The molecule has 5 nitrogen and oxygen atoms in total. The molecule has 0 radical (unpaired) electrons. The fourth-order valence-electron chi connectivity index (χ4n) is 2.59. The molecule has 3 rings (SSSR count). The first-order valence-electron chi connectivity index (χ1n) is 6.84. The highest BCUT2D eigenvalue weighted by atomic mass is 35.5. The Hall–Kier alpha value is -1.74. The molecular weight excluding hydrogens is 290 g/mol. The van der Waals surface area contributed by atoms with E-state index in [9.17, 15) is 4.79 Å². The number of piperazine rings is 1. The molecule has 1 saturated heterocycles. The molecule has 6 heteroatoms. The lowest BCUT2D eigenvalue weighted by atomic mass is 10.3. The van der Waals surface area contributed by atoms with Gasteiger partial charge in [0.2, 0.25) is 0 Å². The zero-order valence-corrected chi connectivity index (χ0v) is 12.3. The highest BCUT2D eigenvalue weighted by molar-refractivity contribution is 6.31. The van der Waals surface area contributed by atoms with E-state index in [-0.39, 0.29) is 5.76 Å². The summed E-state index contributed by atoms with van der Waals surface area (Å²) in [6.45, 7) is 4.81.